The Balaban J connectivity index is 1.57. The van der Waals surface area contributed by atoms with Gasteiger partial charge in [-0.1, -0.05) is 12.8 Å². The zero-order chi connectivity index (χ0) is 11.8. The van der Waals surface area contributed by atoms with Crippen LogP contribution in [0.4, 0.5) is 0 Å². The molecule has 2 heteroatoms. The van der Waals surface area contributed by atoms with Gasteiger partial charge in [0.05, 0.1) is 0 Å². The molecule has 3 aliphatic rings. The predicted octanol–water partition coefficient (Wildman–Crippen LogP) is 2.62. The molecule has 3 atom stereocenters. The van der Waals surface area contributed by atoms with Crippen LogP contribution in [0.3, 0.4) is 0 Å². The predicted molar refractivity (Wildman–Crippen MR) is 71.8 cm³/mol. The largest absolute Gasteiger partial charge is 0.329 e. The Hall–Kier alpha value is -0.0800. The molecule has 0 aromatic heterocycles. The minimum Gasteiger partial charge on any atom is -0.329 e. The lowest BCUT2D eigenvalue weighted by molar-refractivity contribution is 0.100. The molecule has 0 bridgehead atoms. The molecule has 0 amide bonds. The van der Waals surface area contributed by atoms with Crippen molar-refractivity contribution in [2.75, 3.05) is 13.6 Å². The molecular formula is C15H28N2. The van der Waals surface area contributed by atoms with Crippen LogP contribution in [0, 0.1) is 17.8 Å². The van der Waals surface area contributed by atoms with Crippen LogP contribution in [0.2, 0.25) is 0 Å². The van der Waals surface area contributed by atoms with Gasteiger partial charge in [0.15, 0.2) is 0 Å². The van der Waals surface area contributed by atoms with Crippen molar-refractivity contribution < 1.29 is 0 Å². The second kappa shape index (κ2) is 4.89. The Kier molecular flexibility index (Phi) is 3.45. The van der Waals surface area contributed by atoms with E-state index in [0.717, 1.165) is 30.3 Å². The van der Waals surface area contributed by atoms with Crippen molar-refractivity contribution in [2.24, 2.45) is 23.5 Å². The van der Waals surface area contributed by atoms with E-state index < -0.39 is 0 Å². The monoisotopic (exact) mass is 236 g/mol. The van der Waals surface area contributed by atoms with E-state index in [9.17, 15) is 0 Å². The van der Waals surface area contributed by atoms with Gasteiger partial charge in [0.25, 0.3) is 0 Å². The summed E-state index contributed by atoms with van der Waals surface area (Å²) in [6.45, 7) is 0.867. The molecule has 2 nitrogen and oxygen atoms in total. The Labute approximate surface area is 106 Å². The van der Waals surface area contributed by atoms with E-state index in [1.54, 1.807) is 0 Å². The molecule has 0 radical (unpaired) electrons. The second-order valence-corrected chi connectivity index (χ2v) is 6.72. The number of likely N-dealkylation sites (N-methyl/N-ethyl adjacent to an activating group) is 1. The highest BCUT2D eigenvalue weighted by Crippen LogP contribution is 2.45. The number of nitrogens with two attached hydrogens (primary N) is 1. The Morgan fingerprint density at radius 2 is 1.82 bits per heavy atom. The fourth-order valence-corrected chi connectivity index (χ4v) is 4.01. The highest BCUT2D eigenvalue weighted by Gasteiger charge is 2.39. The fourth-order valence-electron chi connectivity index (χ4n) is 4.01. The van der Waals surface area contributed by atoms with Crippen molar-refractivity contribution in [3.05, 3.63) is 0 Å². The summed E-state index contributed by atoms with van der Waals surface area (Å²) >= 11 is 0. The highest BCUT2D eigenvalue weighted by atomic mass is 15.2. The third-order valence-electron chi connectivity index (χ3n) is 5.48. The second-order valence-electron chi connectivity index (χ2n) is 6.72. The van der Waals surface area contributed by atoms with Crippen LogP contribution in [0.25, 0.3) is 0 Å². The van der Waals surface area contributed by atoms with Crippen LogP contribution in [-0.4, -0.2) is 30.6 Å². The summed E-state index contributed by atoms with van der Waals surface area (Å²) in [6.07, 6.45) is 11.7. The quantitative estimate of drug-likeness (QED) is 0.795. The lowest BCUT2D eigenvalue weighted by atomic mass is 9.81. The van der Waals surface area contributed by atoms with Crippen LogP contribution in [-0.2, 0) is 0 Å². The van der Waals surface area contributed by atoms with Crippen LogP contribution in [0.5, 0.6) is 0 Å². The van der Waals surface area contributed by atoms with E-state index in [-0.39, 0.29) is 0 Å². The van der Waals surface area contributed by atoms with E-state index in [2.05, 4.69) is 11.9 Å². The zero-order valence-electron chi connectivity index (χ0n) is 11.3. The maximum atomic E-state index is 5.99. The van der Waals surface area contributed by atoms with Crippen molar-refractivity contribution >= 4 is 0 Å². The van der Waals surface area contributed by atoms with Gasteiger partial charge in [-0.2, -0.15) is 0 Å². The standard InChI is InChI=1S/C15H28N2/c1-17(15(10-16)12-7-8-12)14-4-2-3-13(9-14)11-5-6-11/h11-15H,2-10,16H2,1H3. The maximum Gasteiger partial charge on any atom is 0.0246 e. The summed E-state index contributed by atoms with van der Waals surface area (Å²) in [6, 6.07) is 1.52. The van der Waals surface area contributed by atoms with Gasteiger partial charge in [0.1, 0.15) is 0 Å². The smallest absolute Gasteiger partial charge is 0.0246 e. The van der Waals surface area contributed by atoms with E-state index in [1.807, 2.05) is 0 Å². The molecule has 3 saturated carbocycles. The summed E-state index contributed by atoms with van der Waals surface area (Å²) in [4.78, 5) is 2.66. The molecule has 3 unspecified atom stereocenters. The van der Waals surface area contributed by atoms with E-state index in [1.165, 1.54) is 51.4 Å². The molecule has 17 heavy (non-hydrogen) atoms. The lowest BCUT2D eigenvalue weighted by Gasteiger charge is -2.39. The van der Waals surface area contributed by atoms with E-state index >= 15 is 0 Å². The van der Waals surface area contributed by atoms with Gasteiger partial charge in [0.2, 0.25) is 0 Å². The van der Waals surface area contributed by atoms with Crippen molar-refractivity contribution in [1.82, 2.24) is 4.90 Å². The van der Waals surface area contributed by atoms with Gasteiger partial charge in [-0.05, 0) is 63.3 Å². The Morgan fingerprint density at radius 3 is 2.41 bits per heavy atom. The molecular weight excluding hydrogens is 208 g/mol. The van der Waals surface area contributed by atoms with Gasteiger partial charge in [-0.15, -0.1) is 0 Å². The molecule has 98 valence electrons. The van der Waals surface area contributed by atoms with Gasteiger partial charge in [-0.3, -0.25) is 4.90 Å². The molecule has 0 aromatic carbocycles. The van der Waals surface area contributed by atoms with Crippen LogP contribution in [0.15, 0.2) is 0 Å². The molecule has 2 N–H and O–H groups in total. The average Bonchev–Trinajstić information content (AvgIpc) is 3.21. The van der Waals surface area contributed by atoms with E-state index in [0.29, 0.717) is 6.04 Å². The first-order valence-electron chi connectivity index (χ1n) is 7.71. The normalized spacial score (nSPS) is 36.2. The summed E-state index contributed by atoms with van der Waals surface area (Å²) < 4.78 is 0. The third kappa shape index (κ3) is 2.68. The summed E-state index contributed by atoms with van der Waals surface area (Å²) in [5.41, 5.74) is 5.99. The minimum absolute atomic E-state index is 0.679. The first-order chi connectivity index (χ1) is 8.29. The van der Waals surface area contributed by atoms with Crippen molar-refractivity contribution in [1.29, 1.82) is 0 Å². The molecule has 0 spiro atoms. The Morgan fingerprint density at radius 1 is 1.06 bits per heavy atom. The number of rotatable bonds is 5. The van der Waals surface area contributed by atoms with Gasteiger partial charge >= 0.3 is 0 Å². The van der Waals surface area contributed by atoms with Crippen molar-refractivity contribution in [3.63, 3.8) is 0 Å². The SMILES string of the molecule is CN(C1CCCC(C2CC2)C1)C(CN)C1CC1. The van der Waals surface area contributed by atoms with Crippen molar-refractivity contribution in [3.8, 4) is 0 Å². The van der Waals surface area contributed by atoms with Crippen LogP contribution < -0.4 is 5.73 Å². The van der Waals surface area contributed by atoms with Gasteiger partial charge in [-0.25, -0.2) is 0 Å². The first kappa shape index (κ1) is 12.0. The minimum atomic E-state index is 0.679. The average molecular weight is 236 g/mol. The molecule has 0 saturated heterocycles. The molecule has 3 aliphatic carbocycles. The molecule has 0 aromatic rings. The fraction of sp³-hybridized carbons (Fsp3) is 1.00. The number of hydrogen-bond donors (Lipinski definition) is 1. The molecule has 0 aliphatic heterocycles. The summed E-state index contributed by atoms with van der Waals surface area (Å²) in [5.74, 6) is 3.07. The highest BCUT2D eigenvalue weighted by molar-refractivity contribution is 4.93. The van der Waals surface area contributed by atoms with E-state index in [4.69, 9.17) is 5.73 Å². The van der Waals surface area contributed by atoms with Gasteiger partial charge in [0, 0.05) is 18.6 Å². The molecule has 3 rings (SSSR count). The first-order valence-corrected chi connectivity index (χ1v) is 7.71. The van der Waals surface area contributed by atoms with Crippen LogP contribution >= 0.6 is 0 Å². The third-order valence-corrected chi connectivity index (χ3v) is 5.48. The lowest BCUT2D eigenvalue weighted by Crippen LogP contribution is -2.47. The van der Waals surface area contributed by atoms with Crippen LogP contribution in [0.1, 0.15) is 51.4 Å². The molecule has 3 fully saturated rings. The summed E-state index contributed by atoms with van der Waals surface area (Å²) in [7, 11) is 2.34. The number of hydrogen-bond acceptors (Lipinski definition) is 2. The van der Waals surface area contributed by atoms with Crippen molar-refractivity contribution in [2.45, 2.75) is 63.5 Å². The maximum absolute atomic E-state index is 5.99. The topological polar surface area (TPSA) is 29.3 Å². The zero-order valence-corrected chi connectivity index (χ0v) is 11.3. The molecule has 0 heterocycles. The Bertz CT molecular complexity index is 258. The summed E-state index contributed by atoms with van der Waals surface area (Å²) in [5, 5.41) is 0. The van der Waals surface area contributed by atoms with Gasteiger partial charge < -0.3 is 5.73 Å². The number of nitrogens with zero attached hydrogens (tertiary/aromatic N) is 1.